The quantitative estimate of drug-likeness (QED) is 0.519. The Labute approximate surface area is 72.1 Å². The lowest BCUT2D eigenvalue weighted by molar-refractivity contribution is -0.124. The van der Waals surface area contributed by atoms with Crippen molar-refractivity contribution in [2.75, 3.05) is 6.61 Å². The van der Waals surface area contributed by atoms with Crippen molar-refractivity contribution < 1.29 is 9.90 Å². The normalized spacial score (nSPS) is 29.8. The smallest absolute Gasteiger partial charge is 0.245 e. The summed E-state index contributed by atoms with van der Waals surface area (Å²) in [6, 6.07) is 0.525. The van der Waals surface area contributed by atoms with Gasteiger partial charge in [-0.1, -0.05) is 0 Å². The molecule has 0 atom stereocenters. The first-order valence-electron chi connectivity index (χ1n) is 4.38. The molecule has 4 heteroatoms. The van der Waals surface area contributed by atoms with Gasteiger partial charge in [0.25, 0.3) is 0 Å². The standard InChI is InChI=1S/C8H16N2O2/c9-6-1-3-7(4-2-6)10-8(12)5-11/h6-7,11H,1-5,9H2,(H,10,12). The van der Waals surface area contributed by atoms with Crippen molar-refractivity contribution in [3.63, 3.8) is 0 Å². The van der Waals surface area contributed by atoms with Crippen LogP contribution in [0.3, 0.4) is 0 Å². The van der Waals surface area contributed by atoms with Crippen molar-refractivity contribution in [1.29, 1.82) is 0 Å². The highest BCUT2D eigenvalue weighted by Gasteiger charge is 2.19. The minimum atomic E-state index is -0.414. The molecule has 1 rings (SSSR count). The maximum Gasteiger partial charge on any atom is 0.245 e. The van der Waals surface area contributed by atoms with Gasteiger partial charge in [-0.15, -0.1) is 0 Å². The van der Waals surface area contributed by atoms with Crippen LogP contribution >= 0.6 is 0 Å². The zero-order chi connectivity index (χ0) is 8.97. The highest BCUT2D eigenvalue weighted by molar-refractivity contribution is 5.77. The predicted octanol–water partition coefficient (Wildman–Crippen LogP) is -0.635. The molecule has 1 saturated carbocycles. The number of carbonyl (C=O) groups excluding carboxylic acids is 1. The van der Waals surface area contributed by atoms with E-state index in [-0.39, 0.29) is 11.9 Å². The Kier molecular flexibility index (Phi) is 3.49. The minimum absolute atomic E-state index is 0.226. The molecule has 70 valence electrons. The van der Waals surface area contributed by atoms with E-state index in [0.29, 0.717) is 6.04 Å². The number of hydrogen-bond donors (Lipinski definition) is 3. The van der Waals surface area contributed by atoms with E-state index in [0.717, 1.165) is 25.7 Å². The van der Waals surface area contributed by atoms with Crippen LogP contribution in [0.2, 0.25) is 0 Å². The van der Waals surface area contributed by atoms with E-state index in [9.17, 15) is 4.79 Å². The lowest BCUT2D eigenvalue weighted by atomic mass is 9.92. The van der Waals surface area contributed by atoms with Crippen molar-refractivity contribution in [1.82, 2.24) is 5.32 Å². The molecule has 0 aromatic heterocycles. The van der Waals surface area contributed by atoms with Crippen LogP contribution in [0.4, 0.5) is 0 Å². The number of aliphatic hydroxyl groups excluding tert-OH is 1. The Bertz CT molecular complexity index is 153. The summed E-state index contributed by atoms with van der Waals surface area (Å²) >= 11 is 0. The second kappa shape index (κ2) is 4.42. The van der Waals surface area contributed by atoms with Crippen molar-refractivity contribution in [3.8, 4) is 0 Å². The highest BCUT2D eigenvalue weighted by Crippen LogP contribution is 2.16. The number of carbonyl (C=O) groups is 1. The Morgan fingerprint density at radius 1 is 1.42 bits per heavy atom. The first-order valence-corrected chi connectivity index (χ1v) is 4.38. The summed E-state index contributed by atoms with van der Waals surface area (Å²) in [6.07, 6.45) is 3.81. The molecule has 1 aliphatic rings. The number of aliphatic hydroxyl groups is 1. The molecule has 12 heavy (non-hydrogen) atoms. The van der Waals surface area contributed by atoms with Gasteiger partial charge < -0.3 is 16.2 Å². The van der Waals surface area contributed by atoms with Gasteiger partial charge in [0.05, 0.1) is 0 Å². The number of hydrogen-bond acceptors (Lipinski definition) is 3. The summed E-state index contributed by atoms with van der Waals surface area (Å²) in [7, 11) is 0. The molecule has 0 radical (unpaired) electrons. The molecule has 0 aliphatic heterocycles. The largest absolute Gasteiger partial charge is 0.387 e. The molecule has 0 heterocycles. The van der Waals surface area contributed by atoms with Crippen molar-refractivity contribution in [2.24, 2.45) is 5.73 Å². The van der Waals surface area contributed by atoms with Gasteiger partial charge in [-0.2, -0.15) is 0 Å². The minimum Gasteiger partial charge on any atom is -0.387 e. The summed E-state index contributed by atoms with van der Waals surface area (Å²) in [5.74, 6) is -0.282. The molecule has 4 N–H and O–H groups in total. The summed E-state index contributed by atoms with van der Waals surface area (Å²) in [5, 5.41) is 11.2. The number of rotatable bonds is 2. The molecule has 0 aromatic rings. The van der Waals surface area contributed by atoms with Gasteiger partial charge in [0.15, 0.2) is 0 Å². The molecular formula is C8H16N2O2. The predicted molar refractivity (Wildman–Crippen MR) is 45.5 cm³/mol. The van der Waals surface area contributed by atoms with Gasteiger partial charge in [0, 0.05) is 12.1 Å². The van der Waals surface area contributed by atoms with Crippen molar-refractivity contribution >= 4 is 5.91 Å². The Hall–Kier alpha value is -0.610. The SMILES string of the molecule is NC1CCC(NC(=O)CO)CC1. The zero-order valence-corrected chi connectivity index (χ0v) is 7.12. The Morgan fingerprint density at radius 2 is 2.00 bits per heavy atom. The van der Waals surface area contributed by atoms with E-state index in [2.05, 4.69) is 5.32 Å². The third-order valence-corrected chi connectivity index (χ3v) is 2.28. The molecule has 1 amide bonds. The third-order valence-electron chi connectivity index (χ3n) is 2.28. The van der Waals surface area contributed by atoms with E-state index >= 15 is 0 Å². The number of nitrogens with one attached hydrogen (secondary N) is 1. The fourth-order valence-electron chi connectivity index (χ4n) is 1.54. The van der Waals surface area contributed by atoms with Crippen LogP contribution in [0.25, 0.3) is 0 Å². The average Bonchev–Trinajstić information content (AvgIpc) is 2.09. The van der Waals surface area contributed by atoms with Gasteiger partial charge in [0.1, 0.15) is 6.61 Å². The van der Waals surface area contributed by atoms with Crippen LogP contribution in [0.15, 0.2) is 0 Å². The number of amides is 1. The van der Waals surface area contributed by atoms with Gasteiger partial charge in [0.2, 0.25) is 5.91 Å². The van der Waals surface area contributed by atoms with Gasteiger partial charge in [-0.25, -0.2) is 0 Å². The molecule has 0 aromatic carbocycles. The maximum absolute atomic E-state index is 10.8. The molecule has 0 saturated heterocycles. The second-order valence-corrected chi connectivity index (χ2v) is 3.34. The second-order valence-electron chi connectivity index (χ2n) is 3.34. The van der Waals surface area contributed by atoms with E-state index in [1.165, 1.54) is 0 Å². The van der Waals surface area contributed by atoms with E-state index in [1.54, 1.807) is 0 Å². The third kappa shape index (κ3) is 2.79. The van der Waals surface area contributed by atoms with Crippen LogP contribution in [-0.2, 0) is 4.79 Å². The lowest BCUT2D eigenvalue weighted by Crippen LogP contribution is -2.41. The lowest BCUT2D eigenvalue weighted by Gasteiger charge is -2.26. The van der Waals surface area contributed by atoms with Crippen LogP contribution in [0.1, 0.15) is 25.7 Å². The first kappa shape index (κ1) is 9.48. The average molecular weight is 172 g/mol. The monoisotopic (exact) mass is 172 g/mol. The summed E-state index contributed by atoms with van der Waals surface area (Å²) in [6.45, 7) is -0.414. The van der Waals surface area contributed by atoms with Gasteiger partial charge in [-0.05, 0) is 25.7 Å². The molecular weight excluding hydrogens is 156 g/mol. The highest BCUT2D eigenvalue weighted by atomic mass is 16.3. The first-order chi connectivity index (χ1) is 5.72. The van der Waals surface area contributed by atoms with E-state index in [4.69, 9.17) is 10.8 Å². The zero-order valence-electron chi connectivity index (χ0n) is 7.12. The molecule has 1 aliphatic carbocycles. The summed E-state index contributed by atoms with van der Waals surface area (Å²) in [4.78, 5) is 10.8. The van der Waals surface area contributed by atoms with E-state index < -0.39 is 6.61 Å². The summed E-state index contributed by atoms with van der Waals surface area (Å²) < 4.78 is 0. The number of nitrogens with two attached hydrogens (primary N) is 1. The van der Waals surface area contributed by atoms with Gasteiger partial charge >= 0.3 is 0 Å². The molecule has 0 bridgehead atoms. The van der Waals surface area contributed by atoms with Crippen LogP contribution in [-0.4, -0.2) is 29.7 Å². The van der Waals surface area contributed by atoms with E-state index in [1.807, 2.05) is 0 Å². The Balaban J connectivity index is 2.21. The van der Waals surface area contributed by atoms with Crippen molar-refractivity contribution in [2.45, 2.75) is 37.8 Å². The fourth-order valence-corrected chi connectivity index (χ4v) is 1.54. The fraction of sp³-hybridized carbons (Fsp3) is 0.875. The molecule has 0 unspecified atom stereocenters. The summed E-state index contributed by atoms with van der Waals surface area (Å²) in [5.41, 5.74) is 5.70. The topological polar surface area (TPSA) is 75.3 Å². The van der Waals surface area contributed by atoms with Crippen LogP contribution < -0.4 is 11.1 Å². The van der Waals surface area contributed by atoms with Crippen LogP contribution in [0.5, 0.6) is 0 Å². The molecule has 0 spiro atoms. The Morgan fingerprint density at radius 3 is 2.50 bits per heavy atom. The molecule has 4 nitrogen and oxygen atoms in total. The van der Waals surface area contributed by atoms with Crippen molar-refractivity contribution in [3.05, 3.63) is 0 Å². The molecule has 1 fully saturated rings. The maximum atomic E-state index is 10.8. The van der Waals surface area contributed by atoms with Gasteiger partial charge in [-0.3, -0.25) is 4.79 Å². The van der Waals surface area contributed by atoms with Crippen LogP contribution in [0, 0.1) is 0 Å².